The van der Waals surface area contributed by atoms with Crippen LogP contribution in [0.3, 0.4) is 0 Å². The number of hydrazone groups is 2. The van der Waals surface area contributed by atoms with Crippen LogP contribution in [-0.4, -0.2) is 157 Å². The number of phenols is 2. The summed E-state index contributed by atoms with van der Waals surface area (Å²) in [5.74, 6) is -3.87. The number of nitrogens with one attached hydrogen (secondary N) is 14. The molecule has 0 bridgehead atoms. The van der Waals surface area contributed by atoms with Gasteiger partial charge in [0.05, 0.1) is 43.5 Å². The molecule has 0 heterocycles. The zero-order chi connectivity index (χ0) is 89.1. The summed E-state index contributed by atoms with van der Waals surface area (Å²) < 4.78 is 150. The Morgan fingerprint density at radius 3 is 0.951 bits per heavy atom. The van der Waals surface area contributed by atoms with Crippen LogP contribution in [0.2, 0.25) is 0 Å². The van der Waals surface area contributed by atoms with Gasteiger partial charge in [-0.1, -0.05) is 109 Å². The summed E-state index contributed by atoms with van der Waals surface area (Å²) in [5, 5.41) is 53.2. The van der Waals surface area contributed by atoms with Crippen molar-refractivity contribution >= 4 is 290 Å². The Hall–Kier alpha value is -11.1. The van der Waals surface area contributed by atoms with Crippen LogP contribution in [0.4, 0.5) is 34.1 Å². The van der Waals surface area contributed by atoms with Gasteiger partial charge in [0.25, 0.3) is 64.1 Å². The number of hydrazine groups is 2. The standard InChI is InChI=1S/C76H66Br4N16O19S8/c77-57-29-41(30-58(78)67(57)97)39-83-91-69(99)65(85-51-19-13-43-5-1-3-7-49(43)33-51)71(101)93-95-75(118)89-55-23-17-47(63(37-55)122(109,110)111)11-9-45-15-21-53(35-61(45)120(103,104)105)87-73(116)81-25-27-115-28-26-82-74(117)88-54-22-16-46(62(36-54)121(106,107)108)10-12-48-18-24-56(38-64(48)123(112,113)114)90-76(119)96-94-72(102)66(86-52-20-14-44-6-2-4-8-50(44)34-52)70(100)92-84-40-42-31-59(79)68(98)60(80)32-42/h1-24,29-40,65-66,85-86,97-98H,25-28H2,(H,91,99)(H,92,100)(H,93,101)(H,94,102)(H2,81,87,116)(H2,82,88,117)(H2,89,95,118)(H2,90,96,119)(H,103,104,105)(H,106,107,108)(H,109,110,111)(H,112,113,114)/b11-9+,12-10+,83-39+,84-40+. The minimum atomic E-state index is -5.02. The molecular weight excluding hydrogens is 2020 g/mol. The van der Waals surface area contributed by atoms with E-state index in [0.717, 1.165) is 70.1 Å². The fourth-order valence-corrected chi connectivity index (χ4v) is 17.1. The molecule has 2 atom stereocenters. The second-order valence-corrected chi connectivity index (χ2v) is 36.1. The van der Waals surface area contributed by atoms with Crippen LogP contribution in [0, 0.1) is 0 Å². The molecule has 20 N–H and O–H groups in total. The number of hydrogen-bond donors (Lipinski definition) is 20. The number of carbonyl (C=O) groups is 4. The molecule has 0 saturated heterocycles. The monoisotopic (exact) mass is 2080 g/mol. The largest absolute Gasteiger partial charge is 0.506 e. The first-order valence-electron chi connectivity index (χ1n) is 35.0. The number of nitrogens with zero attached hydrogens (tertiary/aromatic N) is 2. The predicted octanol–water partition coefficient (Wildman–Crippen LogP) is 11.0. The minimum Gasteiger partial charge on any atom is -0.506 e. The van der Waals surface area contributed by atoms with Crippen molar-refractivity contribution in [1.29, 1.82) is 0 Å². The third-order valence-electron chi connectivity index (χ3n) is 16.8. The maximum Gasteiger partial charge on any atom is 0.295 e. The number of benzene rings is 10. The van der Waals surface area contributed by atoms with Gasteiger partial charge in [-0.25, -0.2) is 10.9 Å². The molecule has 0 radical (unpaired) electrons. The van der Waals surface area contributed by atoms with Crippen molar-refractivity contribution in [2.24, 2.45) is 10.2 Å². The van der Waals surface area contributed by atoms with Gasteiger partial charge in [-0.05, 0) is 265 Å². The Morgan fingerprint density at radius 2 is 0.650 bits per heavy atom. The van der Waals surface area contributed by atoms with E-state index in [0.29, 0.717) is 40.4 Å². The molecule has 4 amide bonds. The fraction of sp³-hybridized carbons (Fsp3) is 0.0789. The molecule has 10 aromatic rings. The van der Waals surface area contributed by atoms with Crippen LogP contribution >= 0.6 is 113 Å². The number of aromatic hydroxyl groups is 2. The molecule has 10 aromatic carbocycles. The molecule has 35 nitrogen and oxygen atoms in total. The molecule has 640 valence electrons. The fourth-order valence-electron chi connectivity index (χ4n) is 11.1. The van der Waals surface area contributed by atoms with Gasteiger partial charge in [0.15, 0.2) is 32.5 Å². The molecule has 123 heavy (non-hydrogen) atoms. The van der Waals surface area contributed by atoms with E-state index >= 15 is 0 Å². The van der Waals surface area contributed by atoms with Crippen LogP contribution in [0.25, 0.3) is 45.8 Å². The Labute approximate surface area is 756 Å². The van der Waals surface area contributed by atoms with E-state index in [1.165, 1.54) is 85.2 Å². The number of ether oxygens (including phenoxy) is 1. The zero-order valence-corrected chi connectivity index (χ0v) is 75.3. The number of hydrogen-bond acceptors (Lipinski definition) is 23. The molecule has 0 aliphatic carbocycles. The van der Waals surface area contributed by atoms with Crippen molar-refractivity contribution in [2.45, 2.75) is 31.7 Å². The number of rotatable bonds is 30. The summed E-state index contributed by atoms with van der Waals surface area (Å²) in [5.41, 5.74) is 15.4. The lowest BCUT2D eigenvalue weighted by atomic mass is 10.1. The number of halogens is 4. The normalized spacial score (nSPS) is 12.3. The van der Waals surface area contributed by atoms with E-state index < -0.39 is 95.8 Å². The predicted molar refractivity (Wildman–Crippen MR) is 498 cm³/mol. The maximum atomic E-state index is 13.7. The topological polar surface area (TPSA) is 529 Å². The number of amides is 4. The SMILES string of the molecule is O=C(N/N=C/c1cc(Br)c(O)c(Br)c1)C(Nc1ccc2ccccc2c1)C(=O)NNC(=S)Nc1ccc(/C=C/c2ccc(NC(=S)NCCOCCNC(=S)Nc3ccc(/C=C/c4ccc(NC(=S)NNC(=O)C(Nc5ccc6ccccc6c5)C(=O)N/N=C/c5cc(Br)c(O)c(Br)c5)cc4S(=O)(=O)O)c(S(=O)(=O)O)c3)cc2S(=O)(=O)O)c(S(=O)(=O)O)c1. The summed E-state index contributed by atoms with van der Waals surface area (Å²) in [4.78, 5) is 51.9. The third kappa shape index (κ3) is 27.4. The quantitative estimate of drug-likeness (QED) is 0.00378. The van der Waals surface area contributed by atoms with Gasteiger partial charge >= 0.3 is 0 Å². The molecule has 0 saturated carbocycles. The van der Waals surface area contributed by atoms with Crippen molar-refractivity contribution < 1.29 is 86.0 Å². The zero-order valence-electron chi connectivity index (χ0n) is 62.4. The van der Waals surface area contributed by atoms with Gasteiger partial charge in [0.1, 0.15) is 31.1 Å². The number of anilines is 6. The Morgan fingerprint density at radius 1 is 0.366 bits per heavy atom. The van der Waals surface area contributed by atoms with Gasteiger partial charge < -0.3 is 57.5 Å². The van der Waals surface area contributed by atoms with Gasteiger partial charge in [-0.15, -0.1) is 0 Å². The van der Waals surface area contributed by atoms with Crippen molar-refractivity contribution in [2.75, 3.05) is 58.2 Å². The molecular formula is C76H66Br4N16O19S8. The Kier molecular flexibility index (Phi) is 32.4. The van der Waals surface area contributed by atoms with E-state index in [4.69, 9.17) is 53.6 Å². The molecule has 47 heteroatoms. The third-order valence-corrected chi connectivity index (χ3v) is 23.7. The highest BCUT2D eigenvalue weighted by Crippen LogP contribution is 2.36. The molecule has 0 fully saturated rings. The van der Waals surface area contributed by atoms with Gasteiger partial charge in [0.2, 0.25) is 0 Å². The first kappa shape index (κ1) is 94.2. The van der Waals surface area contributed by atoms with E-state index in [1.54, 1.807) is 36.4 Å². The first-order chi connectivity index (χ1) is 58.2. The number of phenolic OH excluding ortho intramolecular Hbond substituents is 2. The van der Waals surface area contributed by atoms with Crippen molar-refractivity contribution in [1.82, 2.24) is 43.2 Å². The van der Waals surface area contributed by atoms with Crippen LogP contribution in [0.15, 0.2) is 230 Å². The average Bonchev–Trinajstić information content (AvgIpc) is 0.802. The molecule has 0 aliphatic rings. The lowest BCUT2D eigenvalue weighted by molar-refractivity contribution is -0.132. The van der Waals surface area contributed by atoms with Crippen LogP contribution in [0.1, 0.15) is 33.4 Å². The Bertz CT molecular complexity index is 6050. The van der Waals surface area contributed by atoms with Crippen molar-refractivity contribution in [3.8, 4) is 11.5 Å². The number of fused-ring (bicyclic) bond motifs is 2. The van der Waals surface area contributed by atoms with E-state index in [-0.39, 0.29) is 103 Å². The highest BCUT2D eigenvalue weighted by molar-refractivity contribution is 9.11. The van der Waals surface area contributed by atoms with Crippen molar-refractivity contribution in [3.05, 3.63) is 233 Å². The minimum absolute atomic E-state index is 0.00542. The first-order valence-corrected chi connectivity index (χ1v) is 45.6. The molecule has 0 aromatic heterocycles. The molecule has 0 spiro atoms. The maximum absolute atomic E-state index is 13.7. The van der Waals surface area contributed by atoms with Crippen LogP contribution in [0.5, 0.6) is 11.5 Å². The highest BCUT2D eigenvalue weighted by Gasteiger charge is 2.30. The summed E-state index contributed by atoms with van der Waals surface area (Å²) in [6.45, 7) is 0.350. The van der Waals surface area contributed by atoms with Gasteiger partial charge in [-0.2, -0.15) is 43.9 Å². The molecule has 0 aliphatic heterocycles. The van der Waals surface area contributed by atoms with Gasteiger partial charge in [0, 0.05) is 47.2 Å². The lowest BCUT2D eigenvalue weighted by Crippen LogP contribution is -2.54. The van der Waals surface area contributed by atoms with E-state index in [9.17, 15) is 81.3 Å². The smallest absolute Gasteiger partial charge is 0.295 e. The number of thiocarbonyl (C=S) groups is 4. The van der Waals surface area contributed by atoms with E-state index in [1.807, 2.05) is 48.5 Å². The van der Waals surface area contributed by atoms with Crippen LogP contribution < -0.4 is 75.1 Å². The highest BCUT2D eigenvalue weighted by atomic mass is 79.9. The summed E-state index contributed by atoms with van der Waals surface area (Å²) in [6, 6.07) is 42.4. The Balaban J connectivity index is 0.676. The second kappa shape index (κ2) is 42.3. The van der Waals surface area contributed by atoms with Crippen LogP contribution in [-0.2, 0) is 64.4 Å². The summed E-state index contributed by atoms with van der Waals surface area (Å²) in [6.07, 6.45) is 7.16. The lowest BCUT2D eigenvalue weighted by Gasteiger charge is -2.19. The second-order valence-electron chi connectivity index (χ2n) is 25.5. The van der Waals surface area contributed by atoms with Gasteiger partial charge in [-0.3, -0.25) is 59.1 Å². The van der Waals surface area contributed by atoms with Crippen molar-refractivity contribution in [3.63, 3.8) is 0 Å². The molecule has 2 unspecified atom stereocenters. The summed E-state index contributed by atoms with van der Waals surface area (Å²) >= 11 is 34.4. The average molecular weight is 2080 g/mol. The summed E-state index contributed by atoms with van der Waals surface area (Å²) in [7, 11) is -20.0. The number of carbonyl (C=O) groups excluding carboxylic acids is 4. The molecule has 10 rings (SSSR count). The van der Waals surface area contributed by atoms with E-state index in [2.05, 4.69) is 149 Å².